The predicted molar refractivity (Wildman–Crippen MR) is 121 cm³/mol. The minimum Gasteiger partial charge on any atom is -0.401 e. The molecule has 6 heteroatoms. The average Bonchev–Trinajstić information content (AvgIpc) is 2.78. The van der Waals surface area contributed by atoms with Gasteiger partial charge in [-0.15, -0.1) is 0 Å². The van der Waals surface area contributed by atoms with E-state index in [1.807, 2.05) is 59.2 Å². The Morgan fingerprint density at radius 3 is 2.70 bits per heavy atom. The fourth-order valence-electron chi connectivity index (χ4n) is 4.27. The molecule has 0 bridgehead atoms. The SMILES string of the molecule is C=C(N)C1CN(C(CC)c2nc3ccccc3c(=O)n2Cc2ccccc2)CCN1. The number of nitrogens with zero attached hydrogens (tertiary/aromatic N) is 3. The van der Waals surface area contributed by atoms with Crippen LogP contribution in [0.1, 0.15) is 30.8 Å². The van der Waals surface area contributed by atoms with Gasteiger partial charge in [-0.2, -0.15) is 0 Å². The van der Waals surface area contributed by atoms with E-state index in [0.29, 0.717) is 17.6 Å². The Labute approximate surface area is 177 Å². The van der Waals surface area contributed by atoms with Crippen LogP contribution in [0.3, 0.4) is 0 Å². The quantitative estimate of drug-likeness (QED) is 0.662. The number of nitrogens with one attached hydrogen (secondary N) is 1. The number of hydrogen-bond acceptors (Lipinski definition) is 5. The van der Waals surface area contributed by atoms with Crippen LogP contribution in [0, 0.1) is 0 Å². The van der Waals surface area contributed by atoms with E-state index < -0.39 is 0 Å². The maximum Gasteiger partial charge on any atom is 0.261 e. The zero-order valence-electron chi connectivity index (χ0n) is 17.4. The van der Waals surface area contributed by atoms with Gasteiger partial charge in [0.15, 0.2) is 0 Å². The molecule has 1 aromatic heterocycles. The second-order valence-corrected chi connectivity index (χ2v) is 7.86. The van der Waals surface area contributed by atoms with Crippen molar-refractivity contribution in [2.24, 2.45) is 5.73 Å². The van der Waals surface area contributed by atoms with Crippen LogP contribution in [0.4, 0.5) is 0 Å². The lowest BCUT2D eigenvalue weighted by molar-refractivity contribution is 0.140. The molecular formula is C24H29N5O. The van der Waals surface area contributed by atoms with E-state index in [4.69, 9.17) is 10.7 Å². The smallest absolute Gasteiger partial charge is 0.261 e. The molecule has 0 aliphatic carbocycles. The summed E-state index contributed by atoms with van der Waals surface area (Å²) in [6, 6.07) is 17.7. The standard InChI is InChI=1S/C24H29N5O/c1-3-22(28-14-13-26-21(16-28)17(2)25)23-27-20-12-8-7-11-19(20)24(30)29(23)15-18-9-5-4-6-10-18/h4-12,21-22,26H,2-3,13-16,25H2,1H3. The predicted octanol–water partition coefficient (Wildman–Crippen LogP) is 2.64. The van der Waals surface area contributed by atoms with Gasteiger partial charge in [-0.1, -0.05) is 56.0 Å². The highest BCUT2D eigenvalue weighted by molar-refractivity contribution is 5.77. The first-order chi connectivity index (χ1) is 14.6. The monoisotopic (exact) mass is 403 g/mol. The molecular weight excluding hydrogens is 374 g/mol. The van der Waals surface area contributed by atoms with E-state index in [1.54, 1.807) is 0 Å². The van der Waals surface area contributed by atoms with Crippen molar-refractivity contribution in [1.29, 1.82) is 0 Å². The Morgan fingerprint density at radius 1 is 1.23 bits per heavy atom. The highest BCUT2D eigenvalue weighted by Gasteiger charge is 2.29. The molecule has 2 heterocycles. The van der Waals surface area contributed by atoms with Crippen molar-refractivity contribution < 1.29 is 0 Å². The lowest BCUT2D eigenvalue weighted by Crippen LogP contribution is -2.53. The van der Waals surface area contributed by atoms with Gasteiger partial charge in [-0.25, -0.2) is 4.98 Å². The van der Waals surface area contributed by atoms with Crippen LogP contribution in [-0.2, 0) is 6.54 Å². The van der Waals surface area contributed by atoms with Crippen LogP contribution in [-0.4, -0.2) is 40.1 Å². The van der Waals surface area contributed by atoms with Crippen LogP contribution >= 0.6 is 0 Å². The lowest BCUT2D eigenvalue weighted by Gasteiger charge is -2.39. The summed E-state index contributed by atoms with van der Waals surface area (Å²) in [5.74, 6) is 0.813. The molecule has 0 amide bonds. The number of fused-ring (bicyclic) bond motifs is 1. The fourth-order valence-corrected chi connectivity index (χ4v) is 4.27. The van der Waals surface area contributed by atoms with Crippen LogP contribution in [0.2, 0.25) is 0 Å². The Bertz CT molecular complexity index is 1090. The van der Waals surface area contributed by atoms with Gasteiger partial charge in [-0.3, -0.25) is 14.3 Å². The molecule has 3 N–H and O–H groups in total. The molecule has 3 aromatic rings. The third-order valence-electron chi connectivity index (χ3n) is 5.85. The zero-order valence-corrected chi connectivity index (χ0v) is 17.4. The Morgan fingerprint density at radius 2 is 1.97 bits per heavy atom. The van der Waals surface area contributed by atoms with Crippen LogP contribution in [0.25, 0.3) is 10.9 Å². The zero-order chi connectivity index (χ0) is 21.1. The molecule has 2 aromatic carbocycles. The molecule has 156 valence electrons. The minimum atomic E-state index is 0.00724. The van der Waals surface area contributed by atoms with Gasteiger partial charge in [-0.05, 0) is 24.1 Å². The van der Waals surface area contributed by atoms with Crippen molar-refractivity contribution in [3.05, 3.63) is 88.6 Å². The van der Waals surface area contributed by atoms with Crippen molar-refractivity contribution in [1.82, 2.24) is 19.8 Å². The Kier molecular flexibility index (Phi) is 5.97. The highest BCUT2D eigenvalue weighted by atomic mass is 16.1. The van der Waals surface area contributed by atoms with Crippen LogP contribution in [0.5, 0.6) is 0 Å². The first-order valence-electron chi connectivity index (χ1n) is 10.5. The van der Waals surface area contributed by atoms with Crippen LogP contribution in [0.15, 0.2) is 71.7 Å². The lowest BCUT2D eigenvalue weighted by atomic mass is 10.1. The van der Waals surface area contributed by atoms with Crippen molar-refractivity contribution in [2.45, 2.75) is 32.0 Å². The van der Waals surface area contributed by atoms with Gasteiger partial charge in [0.1, 0.15) is 5.82 Å². The minimum absolute atomic E-state index is 0.00724. The van der Waals surface area contributed by atoms with Crippen LogP contribution < -0.4 is 16.6 Å². The molecule has 1 saturated heterocycles. The number of nitrogens with two attached hydrogens (primary N) is 1. The molecule has 4 rings (SSSR count). The van der Waals surface area contributed by atoms with Gasteiger partial charge >= 0.3 is 0 Å². The topological polar surface area (TPSA) is 76.2 Å². The Balaban J connectivity index is 1.82. The number of piperazine rings is 1. The van der Waals surface area contributed by atoms with Crippen molar-refractivity contribution >= 4 is 10.9 Å². The number of rotatable bonds is 6. The maximum atomic E-state index is 13.5. The largest absolute Gasteiger partial charge is 0.401 e. The highest BCUT2D eigenvalue weighted by Crippen LogP contribution is 2.25. The van der Waals surface area contributed by atoms with Crippen molar-refractivity contribution in [3.8, 4) is 0 Å². The second kappa shape index (κ2) is 8.81. The second-order valence-electron chi connectivity index (χ2n) is 7.86. The van der Waals surface area contributed by atoms with Gasteiger partial charge in [0.05, 0.1) is 29.5 Å². The molecule has 1 aliphatic heterocycles. The normalized spacial score (nSPS) is 18.4. The molecule has 0 saturated carbocycles. The number of aromatic nitrogens is 2. The first-order valence-corrected chi connectivity index (χ1v) is 10.5. The summed E-state index contributed by atoms with van der Waals surface area (Å²) in [6.45, 7) is 9.02. The summed E-state index contributed by atoms with van der Waals surface area (Å²) in [4.78, 5) is 20.9. The molecule has 0 radical (unpaired) electrons. The van der Waals surface area contributed by atoms with Gasteiger partial charge < -0.3 is 11.1 Å². The Hall–Kier alpha value is -2.96. The van der Waals surface area contributed by atoms with Gasteiger partial charge in [0.25, 0.3) is 5.56 Å². The molecule has 6 nitrogen and oxygen atoms in total. The van der Waals surface area contributed by atoms with Crippen molar-refractivity contribution in [2.75, 3.05) is 19.6 Å². The molecule has 0 spiro atoms. The van der Waals surface area contributed by atoms with E-state index in [0.717, 1.165) is 43.0 Å². The summed E-state index contributed by atoms with van der Waals surface area (Å²) < 4.78 is 1.85. The average molecular weight is 404 g/mol. The molecule has 2 unspecified atom stereocenters. The maximum absolute atomic E-state index is 13.5. The molecule has 1 aliphatic rings. The summed E-state index contributed by atoms with van der Waals surface area (Å²) in [5, 5.41) is 4.07. The molecule has 1 fully saturated rings. The van der Waals surface area contributed by atoms with Gasteiger partial charge in [0.2, 0.25) is 0 Å². The summed E-state index contributed by atoms with van der Waals surface area (Å²) >= 11 is 0. The first kappa shape index (κ1) is 20.3. The molecule has 2 atom stereocenters. The van der Waals surface area contributed by atoms with E-state index in [-0.39, 0.29) is 17.6 Å². The summed E-state index contributed by atoms with van der Waals surface area (Å²) in [6.07, 6.45) is 0.851. The number of hydrogen-bond donors (Lipinski definition) is 2. The van der Waals surface area contributed by atoms with Gasteiger partial charge in [0, 0.05) is 25.3 Å². The van der Waals surface area contributed by atoms with E-state index in [2.05, 4.69) is 23.7 Å². The van der Waals surface area contributed by atoms with E-state index in [1.165, 1.54) is 0 Å². The van der Waals surface area contributed by atoms with E-state index >= 15 is 0 Å². The van der Waals surface area contributed by atoms with E-state index in [9.17, 15) is 4.79 Å². The summed E-state index contributed by atoms with van der Waals surface area (Å²) in [7, 11) is 0. The third kappa shape index (κ3) is 4.01. The molecule has 30 heavy (non-hydrogen) atoms. The van der Waals surface area contributed by atoms with Crippen molar-refractivity contribution in [3.63, 3.8) is 0 Å². The fraction of sp³-hybridized carbons (Fsp3) is 0.333. The summed E-state index contributed by atoms with van der Waals surface area (Å²) in [5.41, 5.74) is 8.46. The number of benzene rings is 2. The number of para-hydroxylation sites is 1. The third-order valence-corrected chi connectivity index (χ3v) is 5.85.